The maximum absolute atomic E-state index is 13.1. The van der Waals surface area contributed by atoms with Crippen molar-refractivity contribution in [1.82, 2.24) is 19.0 Å². The molecular weight excluding hydrogens is 376 g/mol. The monoisotopic (exact) mass is 396 g/mol. The fourth-order valence-corrected chi connectivity index (χ4v) is 3.91. The SMILES string of the molecule is O=C1c2ccc(-n3ccnc3)c(=O)n2CCN1Cc1cccc(-c2ccccc2)c1. The van der Waals surface area contributed by atoms with E-state index in [9.17, 15) is 9.59 Å². The average molecular weight is 396 g/mol. The molecule has 2 aromatic heterocycles. The third kappa shape index (κ3) is 3.22. The molecular formula is C24H20N4O2. The van der Waals surface area contributed by atoms with E-state index in [2.05, 4.69) is 29.2 Å². The van der Waals surface area contributed by atoms with Crippen molar-refractivity contribution in [2.24, 2.45) is 0 Å². The highest BCUT2D eigenvalue weighted by Crippen LogP contribution is 2.22. The van der Waals surface area contributed by atoms with Gasteiger partial charge in [-0.1, -0.05) is 48.5 Å². The normalized spacial score (nSPS) is 13.3. The number of hydrogen-bond donors (Lipinski definition) is 0. The van der Waals surface area contributed by atoms with Crippen molar-refractivity contribution in [3.05, 3.63) is 107 Å². The molecule has 3 heterocycles. The topological polar surface area (TPSA) is 60.1 Å². The van der Waals surface area contributed by atoms with E-state index in [-0.39, 0.29) is 11.5 Å². The summed E-state index contributed by atoms with van der Waals surface area (Å²) in [6.07, 6.45) is 4.93. The minimum absolute atomic E-state index is 0.124. The number of benzene rings is 2. The summed E-state index contributed by atoms with van der Waals surface area (Å²) in [6, 6.07) is 21.8. The Morgan fingerprint density at radius 3 is 2.50 bits per heavy atom. The molecule has 30 heavy (non-hydrogen) atoms. The van der Waals surface area contributed by atoms with E-state index >= 15 is 0 Å². The quantitative estimate of drug-likeness (QED) is 0.532. The first-order valence-corrected chi connectivity index (χ1v) is 9.86. The number of fused-ring (bicyclic) bond motifs is 1. The van der Waals surface area contributed by atoms with Crippen molar-refractivity contribution >= 4 is 5.91 Å². The van der Waals surface area contributed by atoms with Crippen LogP contribution in [-0.4, -0.2) is 31.5 Å². The van der Waals surface area contributed by atoms with Gasteiger partial charge in [0.05, 0.1) is 6.33 Å². The Bertz CT molecular complexity index is 1260. The van der Waals surface area contributed by atoms with E-state index in [0.29, 0.717) is 31.0 Å². The van der Waals surface area contributed by atoms with Crippen LogP contribution < -0.4 is 5.56 Å². The minimum Gasteiger partial charge on any atom is -0.331 e. The van der Waals surface area contributed by atoms with E-state index in [4.69, 9.17) is 0 Å². The summed E-state index contributed by atoms with van der Waals surface area (Å²) in [5.74, 6) is -0.124. The summed E-state index contributed by atoms with van der Waals surface area (Å²) in [6.45, 7) is 1.48. The second-order valence-corrected chi connectivity index (χ2v) is 7.32. The summed E-state index contributed by atoms with van der Waals surface area (Å²) in [5.41, 5.74) is 4.08. The minimum atomic E-state index is -0.176. The number of rotatable bonds is 4. The Kier molecular flexibility index (Phi) is 4.52. The van der Waals surface area contributed by atoms with Crippen LogP contribution in [0, 0.1) is 0 Å². The molecule has 0 atom stereocenters. The summed E-state index contributed by atoms with van der Waals surface area (Å²) in [7, 11) is 0. The van der Waals surface area contributed by atoms with E-state index in [1.807, 2.05) is 30.3 Å². The van der Waals surface area contributed by atoms with E-state index < -0.39 is 0 Å². The first-order chi connectivity index (χ1) is 14.7. The molecule has 5 rings (SSSR count). The van der Waals surface area contributed by atoms with Crippen LogP contribution in [0.2, 0.25) is 0 Å². The molecule has 1 aliphatic heterocycles. The highest BCUT2D eigenvalue weighted by molar-refractivity contribution is 5.93. The van der Waals surface area contributed by atoms with Gasteiger partial charge in [-0.05, 0) is 34.9 Å². The van der Waals surface area contributed by atoms with Gasteiger partial charge in [0, 0.05) is 32.0 Å². The van der Waals surface area contributed by atoms with E-state index in [1.54, 1.807) is 44.9 Å². The lowest BCUT2D eigenvalue weighted by Crippen LogP contribution is -2.44. The zero-order valence-electron chi connectivity index (χ0n) is 16.3. The van der Waals surface area contributed by atoms with Gasteiger partial charge in [-0.25, -0.2) is 4.98 Å². The number of nitrogens with zero attached hydrogens (tertiary/aromatic N) is 4. The Balaban J connectivity index is 1.41. The van der Waals surface area contributed by atoms with Crippen LogP contribution in [0.15, 0.2) is 90.2 Å². The average Bonchev–Trinajstić information content (AvgIpc) is 3.32. The molecule has 0 radical (unpaired) electrons. The van der Waals surface area contributed by atoms with Gasteiger partial charge in [-0.3, -0.25) is 9.59 Å². The summed E-state index contributed by atoms with van der Waals surface area (Å²) in [5, 5.41) is 0. The zero-order valence-corrected chi connectivity index (χ0v) is 16.3. The van der Waals surface area contributed by atoms with Crippen LogP contribution in [0.25, 0.3) is 16.8 Å². The van der Waals surface area contributed by atoms with Crippen molar-refractivity contribution in [2.75, 3.05) is 6.54 Å². The molecule has 0 spiro atoms. The lowest BCUT2D eigenvalue weighted by molar-refractivity contribution is 0.0686. The Labute approximate surface area is 173 Å². The number of carbonyl (C=O) groups is 1. The van der Waals surface area contributed by atoms with E-state index in [0.717, 1.165) is 16.7 Å². The number of imidazole rings is 1. The third-order valence-corrected chi connectivity index (χ3v) is 5.44. The lowest BCUT2D eigenvalue weighted by Gasteiger charge is -2.30. The molecule has 6 nitrogen and oxygen atoms in total. The molecule has 0 fully saturated rings. The van der Waals surface area contributed by atoms with Crippen LogP contribution in [0.5, 0.6) is 0 Å². The van der Waals surface area contributed by atoms with Gasteiger partial charge in [-0.15, -0.1) is 0 Å². The first-order valence-electron chi connectivity index (χ1n) is 9.86. The predicted octanol–water partition coefficient (Wildman–Crippen LogP) is 3.36. The number of aromatic nitrogens is 3. The van der Waals surface area contributed by atoms with Gasteiger partial charge >= 0.3 is 0 Å². The van der Waals surface area contributed by atoms with Crippen LogP contribution in [0.4, 0.5) is 0 Å². The summed E-state index contributed by atoms with van der Waals surface area (Å²) in [4.78, 5) is 31.7. The molecule has 6 heteroatoms. The van der Waals surface area contributed by atoms with Gasteiger partial charge in [0.15, 0.2) is 0 Å². The standard InChI is InChI=1S/C24H20N4O2/c29-23-22-10-9-21(27-12-11-25-17-27)24(30)28(22)14-13-26(23)16-18-5-4-8-20(15-18)19-6-2-1-3-7-19/h1-12,15,17H,13-14,16H2. The summed E-state index contributed by atoms with van der Waals surface area (Å²) < 4.78 is 3.23. The molecule has 2 aromatic carbocycles. The molecule has 1 amide bonds. The second kappa shape index (κ2) is 7.48. The molecule has 0 unspecified atom stereocenters. The zero-order chi connectivity index (χ0) is 20.5. The fraction of sp³-hybridized carbons (Fsp3) is 0.125. The number of pyridine rings is 1. The number of hydrogen-bond acceptors (Lipinski definition) is 3. The highest BCUT2D eigenvalue weighted by atomic mass is 16.2. The van der Waals surface area contributed by atoms with Crippen molar-refractivity contribution in [1.29, 1.82) is 0 Å². The van der Waals surface area contributed by atoms with Crippen LogP contribution in [0.3, 0.4) is 0 Å². The molecule has 1 aliphatic rings. The fourth-order valence-electron chi connectivity index (χ4n) is 3.91. The maximum Gasteiger partial charge on any atom is 0.275 e. The Hall–Kier alpha value is -3.93. The van der Waals surface area contributed by atoms with Crippen LogP contribution in [0.1, 0.15) is 16.1 Å². The summed E-state index contributed by atoms with van der Waals surface area (Å²) >= 11 is 0. The van der Waals surface area contributed by atoms with Gasteiger partial charge < -0.3 is 14.0 Å². The number of carbonyl (C=O) groups excluding carboxylic acids is 1. The van der Waals surface area contributed by atoms with Gasteiger partial charge in [0.25, 0.3) is 11.5 Å². The van der Waals surface area contributed by atoms with Crippen molar-refractivity contribution in [3.63, 3.8) is 0 Å². The van der Waals surface area contributed by atoms with Gasteiger partial charge in [0.1, 0.15) is 11.4 Å². The van der Waals surface area contributed by atoms with Gasteiger partial charge in [0.2, 0.25) is 0 Å². The van der Waals surface area contributed by atoms with Crippen molar-refractivity contribution < 1.29 is 4.79 Å². The first kappa shape index (κ1) is 18.1. The third-order valence-electron chi connectivity index (χ3n) is 5.44. The predicted molar refractivity (Wildman–Crippen MR) is 114 cm³/mol. The molecule has 148 valence electrons. The second-order valence-electron chi connectivity index (χ2n) is 7.32. The molecule has 0 N–H and O–H groups in total. The Morgan fingerprint density at radius 2 is 1.70 bits per heavy atom. The van der Waals surface area contributed by atoms with Crippen LogP contribution >= 0.6 is 0 Å². The number of amides is 1. The maximum atomic E-state index is 13.1. The molecule has 0 bridgehead atoms. The molecule has 0 saturated heterocycles. The largest absolute Gasteiger partial charge is 0.331 e. The van der Waals surface area contributed by atoms with E-state index in [1.165, 1.54) is 0 Å². The van der Waals surface area contributed by atoms with Crippen molar-refractivity contribution in [3.8, 4) is 16.8 Å². The van der Waals surface area contributed by atoms with Crippen LogP contribution in [-0.2, 0) is 13.1 Å². The lowest BCUT2D eigenvalue weighted by atomic mass is 10.0. The van der Waals surface area contributed by atoms with Crippen molar-refractivity contribution in [2.45, 2.75) is 13.1 Å². The van der Waals surface area contributed by atoms with Gasteiger partial charge in [-0.2, -0.15) is 0 Å². The smallest absolute Gasteiger partial charge is 0.275 e. The molecule has 4 aromatic rings. The Morgan fingerprint density at radius 1 is 0.867 bits per heavy atom. The molecule has 0 aliphatic carbocycles. The molecule has 0 saturated carbocycles. The highest BCUT2D eigenvalue weighted by Gasteiger charge is 2.26.